The molecule has 0 aliphatic heterocycles. The largest absolute Gasteiger partial charge is 0.504 e. The van der Waals surface area contributed by atoms with Crippen LogP contribution in [0, 0.1) is 5.82 Å². The minimum atomic E-state index is -0.785. The number of hydrogen-bond donors (Lipinski definition) is 2. The molecule has 0 bridgehead atoms. The van der Waals surface area contributed by atoms with Crippen molar-refractivity contribution in [1.29, 1.82) is 0 Å². The molecule has 2 rings (SSSR count). The zero-order valence-electron chi connectivity index (χ0n) is 8.41. The molecule has 0 amide bonds. The molecule has 0 fully saturated rings. The van der Waals surface area contributed by atoms with Crippen molar-refractivity contribution in [3.05, 3.63) is 29.0 Å². The summed E-state index contributed by atoms with van der Waals surface area (Å²) in [6.07, 6.45) is 0. The molecule has 0 aliphatic rings. The molecule has 0 atom stereocenters. The topological polar surface area (TPSA) is 64.1 Å². The van der Waals surface area contributed by atoms with Crippen molar-refractivity contribution >= 4 is 17.4 Å². The maximum absolute atomic E-state index is 13.2. The molecule has 4 nitrogen and oxygen atoms in total. The maximum atomic E-state index is 13.2. The molecule has 0 aliphatic carbocycles. The van der Waals surface area contributed by atoms with Crippen molar-refractivity contribution in [2.45, 2.75) is 0 Å². The number of aromatic nitrogens is 2. The van der Waals surface area contributed by atoms with Crippen molar-refractivity contribution in [2.24, 2.45) is 7.05 Å². The van der Waals surface area contributed by atoms with Gasteiger partial charge >= 0.3 is 0 Å². The smallest absolute Gasteiger partial charge is 0.170 e. The maximum Gasteiger partial charge on any atom is 0.170 e. The Hall–Kier alpha value is -1.75. The van der Waals surface area contributed by atoms with Crippen LogP contribution >= 0.6 is 11.6 Å². The van der Waals surface area contributed by atoms with E-state index in [-0.39, 0.29) is 5.02 Å². The van der Waals surface area contributed by atoms with Gasteiger partial charge in [-0.25, -0.2) is 4.39 Å². The Morgan fingerprint density at radius 1 is 1.44 bits per heavy atom. The minimum absolute atomic E-state index is 0.0563. The van der Waals surface area contributed by atoms with E-state index in [4.69, 9.17) is 17.3 Å². The lowest BCUT2D eigenvalue weighted by Crippen LogP contribution is -1.96. The molecule has 0 spiro atoms. The van der Waals surface area contributed by atoms with Crippen molar-refractivity contribution < 1.29 is 9.50 Å². The predicted molar refractivity (Wildman–Crippen MR) is 59.7 cm³/mol. The summed E-state index contributed by atoms with van der Waals surface area (Å²) in [6, 6.07) is 4.19. The van der Waals surface area contributed by atoms with E-state index in [0.717, 1.165) is 6.07 Å². The number of anilines is 1. The molecule has 1 aromatic carbocycles. The van der Waals surface area contributed by atoms with Crippen LogP contribution in [0.5, 0.6) is 5.75 Å². The highest BCUT2D eigenvalue weighted by molar-refractivity contribution is 6.32. The van der Waals surface area contributed by atoms with E-state index in [2.05, 4.69) is 5.10 Å². The van der Waals surface area contributed by atoms with E-state index in [1.807, 2.05) is 0 Å². The van der Waals surface area contributed by atoms with Crippen molar-refractivity contribution in [1.82, 2.24) is 9.78 Å². The van der Waals surface area contributed by atoms with Gasteiger partial charge in [-0.1, -0.05) is 11.6 Å². The number of nitrogens with zero attached hydrogens (tertiary/aromatic N) is 2. The van der Waals surface area contributed by atoms with E-state index in [9.17, 15) is 9.50 Å². The highest BCUT2D eigenvalue weighted by Crippen LogP contribution is 2.32. The van der Waals surface area contributed by atoms with Crippen LogP contribution in [0.1, 0.15) is 0 Å². The molecule has 1 aromatic heterocycles. The summed E-state index contributed by atoms with van der Waals surface area (Å²) in [7, 11) is 1.68. The summed E-state index contributed by atoms with van der Waals surface area (Å²) >= 11 is 5.66. The van der Waals surface area contributed by atoms with E-state index in [1.165, 1.54) is 10.7 Å². The van der Waals surface area contributed by atoms with E-state index in [0.29, 0.717) is 17.1 Å². The fraction of sp³-hybridized carbons (Fsp3) is 0.100. The zero-order chi connectivity index (χ0) is 11.9. The van der Waals surface area contributed by atoms with Gasteiger partial charge < -0.3 is 10.8 Å². The third kappa shape index (κ3) is 1.69. The summed E-state index contributed by atoms with van der Waals surface area (Å²) in [6.45, 7) is 0. The Morgan fingerprint density at radius 3 is 2.62 bits per heavy atom. The molecule has 6 heteroatoms. The minimum Gasteiger partial charge on any atom is -0.504 e. The van der Waals surface area contributed by atoms with Crippen molar-refractivity contribution in [3.8, 4) is 17.0 Å². The molecule has 0 unspecified atom stereocenters. The van der Waals surface area contributed by atoms with Gasteiger partial charge in [0.2, 0.25) is 0 Å². The lowest BCUT2D eigenvalue weighted by Gasteiger charge is -2.01. The van der Waals surface area contributed by atoms with E-state index < -0.39 is 11.6 Å². The first-order valence-electron chi connectivity index (χ1n) is 4.47. The summed E-state index contributed by atoms with van der Waals surface area (Å²) in [5.41, 5.74) is 6.57. The SMILES string of the molecule is Cn1nc(-c2cc(F)c(O)c(Cl)c2)cc1N. The molecule has 16 heavy (non-hydrogen) atoms. The van der Waals surface area contributed by atoms with Gasteiger partial charge in [0.05, 0.1) is 10.7 Å². The van der Waals surface area contributed by atoms with E-state index >= 15 is 0 Å². The highest BCUT2D eigenvalue weighted by atomic mass is 35.5. The Kier molecular flexibility index (Phi) is 2.47. The van der Waals surface area contributed by atoms with Gasteiger partial charge in [0.1, 0.15) is 5.82 Å². The number of halogens is 2. The molecular weight excluding hydrogens is 233 g/mol. The molecule has 0 saturated carbocycles. The lowest BCUT2D eigenvalue weighted by atomic mass is 10.1. The molecular formula is C10H9ClFN3O. The van der Waals surface area contributed by atoms with Gasteiger partial charge in [-0.15, -0.1) is 0 Å². The Balaban J connectivity index is 2.56. The van der Waals surface area contributed by atoms with Gasteiger partial charge in [0, 0.05) is 18.7 Å². The number of rotatable bonds is 1. The second-order valence-corrected chi connectivity index (χ2v) is 3.77. The Labute approximate surface area is 96.1 Å². The number of aryl methyl sites for hydroxylation is 1. The zero-order valence-corrected chi connectivity index (χ0v) is 9.16. The summed E-state index contributed by atoms with van der Waals surface area (Å²) in [4.78, 5) is 0. The predicted octanol–water partition coefficient (Wildman–Crippen LogP) is 2.17. The van der Waals surface area contributed by atoms with Crippen LogP contribution in [0.15, 0.2) is 18.2 Å². The van der Waals surface area contributed by atoms with Crippen LogP contribution < -0.4 is 5.73 Å². The molecule has 84 valence electrons. The second kappa shape index (κ2) is 3.68. The first-order valence-corrected chi connectivity index (χ1v) is 4.84. The quantitative estimate of drug-likeness (QED) is 0.804. The van der Waals surface area contributed by atoms with Gasteiger partial charge in [-0.05, 0) is 12.1 Å². The number of phenolic OH excluding ortho intramolecular Hbond substituents is 1. The Bertz CT molecular complexity index is 510. The number of nitrogen functional groups attached to an aromatic ring is 1. The second-order valence-electron chi connectivity index (χ2n) is 3.37. The fourth-order valence-electron chi connectivity index (χ4n) is 1.34. The molecule has 0 radical (unpaired) electrons. The van der Waals surface area contributed by atoms with Gasteiger partial charge in [-0.3, -0.25) is 4.68 Å². The molecule has 3 N–H and O–H groups in total. The lowest BCUT2D eigenvalue weighted by molar-refractivity contribution is 0.433. The van der Waals surface area contributed by atoms with Crippen LogP contribution in [0.3, 0.4) is 0 Å². The van der Waals surface area contributed by atoms with Gasteiger partial charge in [-0.2, -0.15) is 5.10 Å². The Morgan fingerprint density at radius 2 is 2.12 bits per heavy atom. The first-order chi connectivity index (χ1) is 7.49. The van der Waals surface area contributed by atoms with Gasteiger partial charge in [0.25, 0.3) is 0 Å². The normalized spacial score (nSPS) is 10.7. The van der Waals surface area contributed by atoms with Crippen LogP contribution in [0.4, 0.5) is 10.2 Å². The van der Waals surface area contributed by atoms with Crippen LogP contribution in [-0.4, -0.2) is 14.9 Å². The number of phenols is 1. The average Bonchev–Trinajstić information content (AvgIpc) is 2.55. The highest BCUT2D eigenvalue weighted by Gasteiger charge is 2.11. The van der Waals surface area contributed by atoms with Crippen LogP contribution in [0.2, 0.25) is 5.02 Å². The molecule has 2 aromatic rings. The van der Waals surface area contributed by atoms with Crippen LogP contribution in [0.25, 0.3) is 11.3 Å². The summed E-state index contributed by atoms with van der Waals surface area (Å²) < 4.78 is 14.7. The summed E-state index contributed by atoms with van der Waals surface area (Å²) in [5.74, 6) is -0.888. The van der Waals surface area contributed by atoms with Crippen LogP contribution in [-0.2, 0) is 7.05 Å². The first kappa shape index (κ1) is 10.8. The van der Waals surface area contributed by atoms with Crippen molar-refractivity contribution in [3.63, 3.8) is 0 Å². The summed E-state index contributed by atoms with van der Waals surface area (Å²) in [5, 5.41) is 13.2. The third-order valence-electron chi connectivity index (χ3n) is 2.23. The fourth-order valence-corrected chi connectivity index (χ4v) is 1.54. The van der Waals surface area contributed by atoms with Gasteiger partial charge in [0.15, 0.2) is 11.6 Å². The third-order valence-corrected chi connectivity index (χ3v) is 2.52. The average molecular weight is 242 g/mol. The standard InChI is InChI=1S/C10H9ClFN3O/c1-15-9(13)4-8(14-15)5-2-6(11)10(16)7(12)3-5/h2-4,16H,13H2,1H3. The number of nitrogens with two attached hydrogens (primary N) is 1. The monoisotopic (exact) mass is 241 g/mol. The number of hydrogen-bond acceptors (Lipinski definition) is 3. The number of aromatic hydroxyl groups is 1. The van der Waals surface area contributed by atoms with E-state index in [1.54, 1.807) is 13.1 Å². The molecule has 1 heterocycles. The van der Waals surface area contributed by atoms with Crippen molar-refractivity contribution in [2.75, 3.05) is 5.73 Å². The molecule has 0 saturated heterocycles. The number of benzene rings is 1.